The molecule has 1 aliphatic heterocycles. The Morgan fingerprint density at radius 3 is 2.79 bits per heavy atom. The van der Waals surface area contributed by atoms with Crippen LogP contribution >= 0.6 is 0 Å². The molecule has 3 aromatic rings. The highest BCUT2D eigenvalue weighted by Gasteiger charge is 2.17. The van der Waals surface area contributed by atoms with Crippen molar-refractivity contribution in [2.24, 2.45) is 0 Å². The zero-order valence-electron chi connectivity index (χ0n) is 19.0. The number of anilines is 3. The minimum atomic E-state index is 0.437. The minimum Gasteiger partial charge on any atom is -0.379 e. The Morgan fingerprint density at radius 1 is 1.12 bits per heavy atom. The van der Waals surface area contributed by atoms with E-state index >= 15 is 0 Å². The van der Waals surface area contributed by atoms with E-state index in [4.69, 9.17) is 9.72 Å². The van der Waals surface area contributed by atoms with Gasteiger partial charge in [0.15, 0.2) is 11.5 Å². The van der Waals surface area contributed by atoms with E-state index in [1.54, 1.807) is 6.33 Å². The molecule has 9 nitrogen and oxygen atoms in total. The molecule has 2 fully saturated rings. The lowest BCUT2D eigenvalue weighted by Gasteiger charge is -2.24. The fourth-order valence-electron chi connectivity index (χ4n) is 4.32. The van der Waals surface area contributed by atoms with Gasteiger partial charge < -0.3 is 20.4 Å². The summed E-state index contributed by atoms with van der Waals surface area (Å²) in [4.78, 5) is 23.8. The number of morpholine rings is 1. The molecule has 33 heavy (non-hydrogen) atoms. The van der Waals surface area contributed by atoms with E-state index in [9.17, 15) is 0 Å². The van der Waals surface area contributed by atoms with Crippen LogP contribution in [0.5, 0.6) is 0 Å². The molecular formula is C24H30N8O. The highest BCUT2D eigenvalue weighted by molar-refractivity contribution is 5.84. The van der Waals surface area contributed by atoms with Crippen LogP contribution in [0.1, 0.15) is 43.5 Å². The second-order valence-corrected chi connectivity index (χ2v) is 8.62. The second kappa shape index (κ2) is 10.1. The first-order valence-corrected chi connectivity index (χ1v) is 11.8. The van der Waals surface area contributed by atoms with Gasteiger partial charge in [0.2, 0.25) is 5.95 Å². The number of aromatic amines is 1. The van der Waals surface area contributed by atoms with Crippen LogP contribution < -0.4 is 10.6 Å². The Balaban J connectivity index is 1.30. The van der Waals surface area contributed by atoms with E-state index < -0.39 is 0 Å². The van der Waals surface area contributed by atoms with Crippen LogP contribution in [0, 0.1) is 18.8 Å². The van der Waals surface area contributed by atoms with Gasteiger partial charge in [-0.1, -0.05) is 25.2 Å². The zero-order valence-corrected chi connectivity index (χ0v) is 19.0. The molecular weight excluding hydrogens is 416 g/mol. The standard InChI is InChI=1S/C24H30N8O/c1-17-20(10-9-19(27-17)8-5-11-32-12-14-33-15-13-32)29-24-30-22-21(25-16-26-22)23(31-24)28-18-6-3-2-4-7-18/h9-10,16,18H,2-4,6-7,11-15H2,1H3,(H3,25,26,28,29,30,31). The van der Waals surface area contributed by atoms with Gasteiger partial charge in [0, 0.05) is 19.1 Å². The maximum absolute atomic E-state index is 5.38. The molecule has 3 N–H and O–H groups in total. The molecule has 172 valence electrons. The van der Waals surface area contributed by atoms with Gasteiger partial charge in [0.25, 0.3) is 0 Å². The summed E-state index contributed by atoms with van der Waals surface area (Å²) < 4.78 is 5.38. The molecule has 0 unspecified atom stereocenters. The first-order valence-electron chi connectivity index (χ1n) is 11.8. The van der Waals surface area contributed by atoms with Crippen molar-refractivity contribution in [1.29, 1.82) is 0 Å². The normalized spacial score (nSPS) is 17.5. The third-order valence-electron chi connectivity index (χ3n) is 6.19. The topological polar surface area (TPSA) is 104 Å². The van der Waals surface area contributed by atoms with Gasteiger partial charge in [-0.25, -0.2) is 9.97 Å². The number of hydrogen-bond acceptors (Lipinski definition) is 8. The van der Waals surface area contributed by atoms with Crippen LogP contribution in [-0.2, 0) is 4.74 Å². The first-order chi connectivity index (χ1) is 16.2. The maximum Gasteiger partial charge on any atom is 0.231 e. The molecule has 0 atom stereocenters. The summed E-state index contributed by atoms with van der Waals surface area (Å²) in [5.41, 5.74) is 3.94. The molecule has 9 heteroatoms. The number of aromatic nitrogens is 5. The van der Waals surface area contributed by atoms with E-state index in [0.717, 1.165) is 61.3 Å². The molecule has 2 aliphatic rings. The maximum atomic E-state index is 5.38. The Kier molecular flexibility index (Phi) is 6.65. The number of rotatable bonds is 5. The molecule has 1 aliphatic carbocycles. The third kappa shape index (κ3) is 5.41. The largest absolute Gasteiger partial charge is 0.379 e. The molecule has 3 aromatic heterocycles. The number of imidazole rings is 1. The lowest BCUT2D eigenvalue weighted by Crippen LogP contribution is -2.36. The van der Waals surface area contributed by atoms with E-state index in [1.165, 1.54) is 32.1 Å². The molecule has 0 amide bonds. The van der Waals surface area contributed by atoms with Crippen LogP contribution in [-0.4, -0.2) is 68.7 Å². The minimum absolute atomic E-state index is 0.437. The summed E-state index contributed by atoms with van der Waals surface area (Å²) in [5.74, 6) is 7.69. The van der Waals surface area contributed by atoms with Crippen LogP contribution in [0.15, 0.2) is 18.5 Å². The summed E-state index contributed by atoms with van der Waals surface area (Å²) in [6, 6.07) is 4.34. The van der Waals surface area contributed by atoms with Crippen molar-refractivity contribution in [3.05, 3.63) is 29.8 Å². The highest BCUT2D eigenvalue weighted by Crippen LogP contribution is 2.26. The van der Waals surface area contributed by atoms with Crippen molar-refractivity contribution in [3.8, 4) is 11.8 Å². The number of ether oxygens (including phenoxy) is 1. The van der Waals surface area contributed by atoms with Crippen molar-refractivity contribution < 1.29 is 4.74 Å². The van der Waals surface area contributed by atoms with E-state index in [2.05, 4.69) is 47.3 Å². The van der Waals surface area contributed by atoms with Gasteiger partial charge >= 0.3 is 0 Å². The fourth-order valence-corrected chi connectivity index (χ4v) is 4.32. The molecule has 0 bridgehead atoms. The Labute approximate surface area is 193 Å². The number of pyridine rings is 1. The fraction of sp³-hybridized carbons (Fsp3) is 0.500. The molecule has 4 heterocycles. The van der Waals surface area contributed by atoms with Gasteiger partial charge in [-0.3, -0.25) is 4.90 Å². The average Bonchev–Trinajstić information content (AvgIpc) is 3.31. The Morgan fingerprint density at radius 2 is 1.97 bits per heavy atom. The van der Waals surface area contributed by atoms with Crippen molar-refractivity contribution in [2.75, 3.05) is 43.5 Å². The van der Waals surface area contributed by atoms with Crippen LogP contribution in [0.2, 0.25) is 0 Å². The molecule has 0 aromatic carbocycles. The number of nitrogens with zero attached hydrogens (tertiary/aromatic N) is 5. The van der Waals surface area contributed by atoms with E-state index in [1.807, 2.05) is 19.1 Å². The van der Waals surface area contributed by atoms with Crippen LogP contribution in [0.4, 0.5) is 17.5 Å². The van der Waals surface area contributed by atoms with Gasteiger partial charge in [-0.2, -0.15) is 9.97 Å². The van der Waals surface area contributed by atoms with E-state index in [0.29, 0.717) is 17.6 Å². The zero-order chi connectivity index (χ0) is 22.5. The quantitative estimate of drug-likeness (QED) is 0.513. The van der Waals surface area contributed by atoms with Crippen molar-refractivity contribution >= 4 is 28.6 Å². The molecule has 1 saturated carbocycles. The predicted octanol–water partition coefficient (Wildman–Crippen LogP) is 3.23. The predicted molar refractivity (Wildman–Crippen MR) is 129 cm³/mol. The summed E-state index contributed by atoms with van der Waals surface area (Å²) in [5, 5.41) is 6.92. The SMILES string of the molecule is Cc1nc(C#CCN2CCOCC2)ccc1Nc1nc(NC2CCCCC2)c2[nH]cnc2n1. The van der Waals surface area contributed by atoms with Gasteiger partial charge in [0.05, 0.1) is 37.5 Å². The number of nitrogens with one attached hydrogen (secondary N) is 3. The van der Waals surface area contributed by atoms with Crippen LogP contribution in [0.3, 0.4) is 0 Å². The highest BCUT2D eigenvalue weighted by atomic mass is 16.5. The smallest absolute Gasteiger partial charge is 0.231 e. The lowest BCUT2D eigenvalue weighted by atomic mass is 9.95. The third-order valence-corrected chi connectivity index (χ3v) is 6.19. The Hall–Kier alpha value is -3.22. The summed E-state index contributed by atoms with van der Waals surface area (Å²) in [6.45, 7) is 6.12. The van der Waals surface area contributed by atoms with Crippen molar-refractivity contribution in [3.63, 3.8) is 0 Å². The van der Waals surface area contributed by atoms with Gasteiger partial charge in [0.1, 0.15) is 11.2 Å². The first kappa shape index (κ1) is 21.6. The van der Waals surface area contributed by atoms with E-state index in [-0.39, 0.29) is 0 Å². The average molecular weight is 447 g/mol. The molecule has 0 spiro atoms. The number of aryl methyl sites for hydroxylation is 1. The summed E-state index contributed by atoms with van der Waals surface area (Å²) in [7, 11) is 0. The van der Waals surface area contributed by atoms with Gasteiger partial charge in [-0.05, 0) is 37.8 Å². The van der Waals surface area contributed by atoms with Crippen molar-refractivity contribution in [1.82, 2.24) is 29.8 Å². The summed E-state index contributed by atoms with van der Waals surface area (Å²) in [6.07, 6.45) is 7.82. The van der Waals surface area contributed by atoms with Gasteiger partial charge in [-0.15, -0.1) is 0 Å². The van der Waals surface area contributed by atoms with Crippen LogP contribution in [0.25, 0.3) is 11.2 Å². The molecule has 1 saturated heterocycles. The monoisotopic (exact) mass is 446 g/mol. The number of hydrogen-bond donors (Lipinski definition) is 3. The molecule has 5 rings (SSSR count). The summed E-state index contributed by atoms with van der Waals surface area (Å²) >= 11 is 0. The van der Waals surface area contributed by atoms with Crippen molar-refractivity contribution in [2.45, 2.75) is 45.1 Å². The number of fused-ring (bicyclic) bond motifs is 1. The Bertz CT molecular complexity index is 1150. The lowest BCUT2D eigenvalue weighted by molar-refractivity contribution is 0.0443. The number of H-pyrrole nitrogens is 1. The molecule has 0 radical (unpaired) electrons. The second-order valence-electron chi connectivity index (χ2n) is 8.62.